The number of halogens is 1. The second-order valence-electron chi connectivity index (χ2n) is 2.07. The standard InChI is InChI=1S/C5H11FO3S/c1-2-3-4-5(7)10(6,8)9/h5,7H,2-4H2,1H3. The van der Waals surface area contributed by atoms with E-state index in [9.17, 15) is 12.3 Å². The molecule has 0 aromatic rings. The molecule has 0 aliphatic carbocycles. The molecule has 0 amide bonds. The minimum absolute atomic E-state index is 0.0185. The van der Waals surface area contributed by atoms with Gasteiger partial charge in [-0.05, 0) is 12.8 Å². The molecule has 0 spiro atoms. The Balaban J connectivity index is 3.75. The summed E-state index contributed by atoms with van der Waals surface area (Å²) in [6.45, 7) is 1.83. The fraction of sp³-hybridized carbons (Fsp3) is 1.00. The summed E-state index contributed by atoms with van der Waals surface area (Å²) in [6.07, 6.45) is 1.24. The van der Waals surface area contributed by atoms with Crippen molar-refractivity contribution < 1.29 is 17.4 Å². The highest BCUT2D eigenvalue weighted by Crippen LogP contribution is 2.08. The van der Waals surface area contributed by atoms with Gasteiger partial charge < -0.3 is 5.11 Å². The van der Waals surface area contributed by atoms with E-state index in [1.54, 1.807) is 0 Å². The van der Waals surface area contributed by atoms with Gasteiger partial charge >= 0.3 is 10.2 Å². The van der Waals surface area contributed by atoms with Crippen molar-refractivity contribution in [3.8, 4) is 0 Å². The van der Waals surface area contributed by atoms with Gasteiger partial charge in [0.05, 0.1) is 0 Å². The van der Waals surface area contributed by atoms with Crippen LogP contribution in [-0.2, 0) is 10.2 Å². The fourth-order valence-electron chi connectivity index (χ4n) is 0.520. The molecule has 0 aromatic heterocycles. The van der Waals surface area contributed by atoms with Crippen molar-refractivity contribution in [2.24, 2.45) is 0 Å². The van der Waals surface area contributed by atoms with E-state index in [0.29, 0.717) is 6.42 Å². The van der Waals surface area contributed by atoms with Crippen LogP contribution in [0.15, 0.2) is 0 Å². The van der Waals surface area contributed by atoms with Crippen molar-refractivity contribution in [2.75, 3.05) is 0 Å². The van der Waals surface area contributed by atoms with E-state index in [1.807, 2.05) is 6.92 Å². The average Bonchev–Trinajstić information content (AvgIpc) is 1.80. The minimum Gasteiger partial charge on any atom is -0.375 e. The maximum absolute atomic E-state index is 11.8. The molecular weight excluding hydrogens is 159 g/mol. The van der Waals surface area contributed by atoms with Crippen LogP contribution in [0.2, 0.25) is 0 Å². The summed E-state index contributed by atoms with van der Waals surface area (Å²) in [5.74, 6) is 0. The van der Waals surface area contributed by atoms with Gasteiger partial charge in [0.1, 0.15) is 0 Å². The Kier molecular flexibility index (Phi) is 3.81. The van der Waals surface area contributed by atoms with Gasteiger partial charge in [0, 0.05) is 0 Å². The smallest absolute Gasteiger partial charge is 0.329 e. The number of aliphatic hydroxyl groups is 1. The zero-order chi connectivity index (χ0) is 8.20. The largest absolute Gasteiger partial charge is 0.375 e. The van der Waals surface area contributed by atoms with E-state index in [2.05, 4.69) is 0 Å². The van der Waals surface area contributed by atoms with Crippen LogP contribution in [0.3, 0.4) is 0 Å². The Bertz CT molecular complexity index is 175. The summed E-state index contributed by atoms with van der Waals surface area (Å²) in [4.78, 5) is 0. The topological polar surface area (TPSA) is 54.4 Å². The molecule has 0 saturated heterocycles. The van der Waals surface area contributed by atoms with Crippen LogP contribution < -0.4 is 0 Å². The number of unbranched alkanes of at least 4 members (excludes halogenated alkanes) is 1. The highest BCUT2D eigenvalue weighted by atomic mass is 32.3. The van der Waals surface area contributed by atoms with Gasteiger partial charge in [-0.2, -0.15) is 8.42 Å². The Labute approximate surface area is 60.1 Å². The van der Waals surface area contributed by atoms with Crippen molar-refractivity contribution in [1.82, 2.24) is 0 Å². The summed E-state index contributed by atoms with van der Waals surface area (Å²) in [6, 6.07) is 0. The van der Waals surface area contributed by atoms with Crippen LogP contribution in [-0.4, -0.2) is 19.0 Å². The fourth-order valence-corrected chi connectivity index (χ4v) is 0.968. The molecule has 0 aromatic carbocycles. The third-order valence-corrected chi connectivity index (χ3v) is 2.02. The van der Waals surface area contributed by atoms with E-state index in [1.165, 1.54) is 0 Å². The lowest BCUT2D eigenvalue weighted by Crippen LogP contribution is -2.15. The van der Waals surface area contributed by atoms with Crippen LogP contribution in [0.5, 0.6) is 0 Å². The van der Waals surface area contributed by atoms with Gasteiger partial charge in [-0.3, -0.25) is 0 Å². The quantitative estimate of drug-likeness (QED) is 0.635. The molecular formula is C5H11FO3S. The van der Waals surface area contributed by atoms with Crippen LogP contribution in [0.4, 0.5) is 3.89 Å². The van der Waals surface area contributed by atoms with Crippen LogP contribution >= 0.6 is 0 Å². The molecule has 0 bridgehead atoms. The lowest BCUT2D eigenvalue weighted by Gasteiger charge is -2.02. The SMILES string of the molecule is CCCCC(O)S(=O)(=O)F. The summed E-state index contributed by atoms with van der Waals surface area (Å²) >= 11 is 0. The third-order valence-electron chi connectivity index (χ3n) is 1.13. The molecule has 3 nitrogen and oxygen atoms in total. The maximum atomic E-state index is 11.8. The van der Waals surface area contributed by atoms with Crippen molar-refractivity contribution in [3.05, 3.63) is 0 Å². The number of aliphatic hydroxyl groups excluding tert-OH is 1. The molecule has 0 radical (unpaired) electrons. The van der Waals surface area contributed by atoms with E-state index in [-0.39, 0.29) is 6.42 Å². The first-order valence-corrected chi connectivity index (χ1v) is 4.54. The molecule has 0 rings (SSSR count). The summed E-state index contributed by atoms with van der Waals surface area (Å²) in [5.41, 5.74) is -1.83. The lowest BCUT2D eigenvalue weighted by atomic mass is 10.3. The highest BCUT2D eigenvalue weighted by molar-refractivity contribution is 7.86. The zero-order valence-corrected chi connectivity index (χ0v) is 6.57. The third kappa shape index (κ3) is 3.79. The molecule has 0 fully saturated rings. The van der Waals surface area contributed by atoms with E-state index in [4.69, 9.17) is 5.11 Å². The summed E-state index contributed by atoms with van der Waals surface area (Å²) in [5, 5.41) is 8.55. The van der Waals surface area contributed by atoms with E-state index < -0.39 is 15.7 Å². The predicted octanol–water partition coefficient (Wildman–Crippen LogP) is 0.794. The van der Waals surface area contributed by atoms with E-state index in [0.717, 1.165) is 6.42 Å². The Morgan fingerprint density at radius 1 is 1.60 bits per heavy atom. The number of hydrogen-bond donors (Lipinski definition) is 1. The molecule has 1 unspecified atom stereocenters. The van der Waals surface area contributed by atoms with Gasteiger partial charge in [0.25, 0.3) is 0 Å². The summed E-state index contributed by atoms with van der Waals surface area (Å²) in [7, 11) is -4.72. The molecule has 0 saturated carbocycles. The minimum atomic E-state index is -4.72. The number of hydrogen-bond acceptors (Lipinski definition) is 3. The Morgan fingerprint density at radius 3 is 2.40 bits per heavy atom. The molecule has 0 heterocycles. The normalized spacial score (nSPS) is 15.1. The van der Waals surface area contributed by atoms with Crippen LogP contribution in [0.1, 0.15) is 26.2 Å². The van der Waals surface area contributed by atoms with Crippen molar-refractivity contribution in [3.63, 3.8) is 0 Å². The van der Waals surface area contributed by atoms with Crippen LogP contribution in [0, 0.1) is 0 Å². The monoisotopic (exact) mass is 170 g/mol. The number of rotatable bonds is 4. The first kappa shape index (κ1) is 9.84. The van der Waals surface area contributed by atoms with Gasteiger partial charge in [-0.25, -0.2) is 0 Å². The Morgan fingerprint density at radius 2 is 2.10 bits per heavy atom. The first-order valence-electron chi connectivity index (χ1n) is 3.10. The first-order chi connectivity index (χ1) is 4.48. The average molecular weight is 170 g/mol. The highest BCUT2D eigenvalue weighted by Gasteiger charge is 2.19. The molecule has 0 aliphatic heterocycles. The molecule has 5 heteroatoms. The zero-order valence-electron chi connectivity index (χ0n) is 5.75. The molecule has 0 aliphatic rings. The molecule has 1 atom stereocenters. The van der Waals surface area contributed by atoms with Crippen molar-refractivity contribution in [1.29, 1.82) is 0 Å². The second-order valence-corrected chi connectivity index (χ2v) is 3.57. The molecule has 1 N–H and O–H groups in total. The van der Waals surface area contributed by atoms with E-state index >= 15 is 0 Å². The van der Waals surface area contributed by atoms with Gasteiger partial charge in [-0.1, -0.05) is 13.3 Å². The Hall–Kier alpha value is -0.160. The molecule has 10 heavy (non-hydrogen) atoms. The van der Waals surface area contributed by atoms with Gasteiger partial charge in [0.15, 0.2) is 5.44 Å². The van der Waals surface area contributed by atoms with Gasteiger partial charge in [0.2, 0.25) is 0 Å². The van der Waals surface area contributed by atoms with Gasteiger partial charge in [-0.15, -0.1) is 3.89 Å². The molecule has 62 valence electrons. The second kappa shape index (κ2) is 3.88. The predicted molar refractivity (Wildman–Crippen MR) is 35.6 cm³/mol. The van der Waals surface area contributed by atoms with Crippen molar-refractivity contribution in [2.45, 2.75) is 31.6 Å². The van der Waals surface area contributed by atoms with Crippen molar-refractivity contribution >= 4 is 10.2 Å². The maximum Gasteiger partial charge on any atom is 0.329 e. The lowest BCUT2D eigenvalue weighted by molar-refractivity contribution is 0.227. The van der Waals surface area contributed by atoms with Crippen LogP contribution in [0.25, 0.3) is 0 Å². The summed E-state index contributed by atoms with van der Waals surface area (Å²) < 4.78 is 31.7.